The van der Waals surface area contributed by atoms with Gasteiger partial charge in [-0.1, -0.05) is 0 Å². The first-order chi connectivity index (χ1) is 7.59. The second-order valence-corrected chi connectivity index (χ2v) is 3.43. The highest BCUT2D eigenvalue weighted by atomic mass is 16.4. The molecule has 0 aliphatic carbocycles. The van der Waals surface area contributed by atoms with Gasteiger partial charge in [-0.05, 0) is 0 Å². The summed E-state index contributed by atoms with van der Waals surface area (Å²) in [5.41, 5.74) is -0.148. The highest BCUT2D eigenvalue weighted by molar-refractivity contribution is 6.01. The molecule has 1 aliphatic rings. The average molecular weight is 223 g/mol. The van der Waals surface area contributed by atoms with Crippen molar-refractivity contribution in [2.45, 2.75) is 12.5 Å². The molecule has 2 N–H and O–H groups in total. The average Bonchev–Trinajstić information content (AvgIpc) is 2.57. The van der Waals surface area contributed by atoms with Crippen molar-refractivity contribution in [2.75, 3.05) is 11.4 Å². The van der Waals surface area contributed by atoms with E-state index in [0.29, 0.717) is 0 Å². The first-order valence-corrected chi connectivity index (χ1v) is 4.61. The lowest BCUT2D eigenvalue weighted by Crippen LogP contribution is -2.28. The minimum absolute atomic E-state index is 0.0109. The number of carboxylic acids is 1. The van der Waals surface area contributed by atoms with Gasteiger partial charge in [-0.25, -0.2) is 14.8 Å². The van der Waals surface area contributed by atoms with E-state index in [1.165, 1.54) is 6.33 Å². The second kappa shape index (κ2) is 3.86. The zero-order valence-electron chi connectivity index (χ0n) is 8.20. The summed E-state index contributed by atoms with van der Waals surface area (Å²) in [6.45, 7) is 0.0656. The highest BCUT2D eigenvalue weighted by Crippen LogP contribution is 2.22. The molecule has 0 aromatic carbocycles. The largest absolute Gasteiger partial charge is 0.477 e. The Labute approximate surface area is 90.4 Å². The normalized spacial score (nSPS) is 20.2. The van der Waals surface area contributed by atoms with Gasteiger partial charge in [0.1, 0.15) is 11.9 Å². The van der Waals surface area contributed by atoms with E-state index in [1.807, 2.05) is 0 Å². The fourth-order valence-corrected chi connectivity index (χ4v) is 1.58. The molecule has 84 valence electrons. The van der Waals surface area contributed by atoms with Crippen molar-refractivity contribution in [1.29, 1.82) is 0 Å². The minimum atomic E-state index is -1.20. The predicted octanol–water partition coefficient (Wildman–Crippen LogP) is -0.728. The van der Waals surface area contributed by atoms with E-state index in [9.17, 15) is 14.7 Å². The monoisotopic (exact) mass is 223 g/mol. The van der Waals surface area contributed by atoms with Crippen LogP contribution in [0.15, 0.2) is 12.5 Å². The molecule has 0 bridgehead atoms. The number of carboxylic acid groups (broad SMARTS) is 1. The van der Waals surface area contributed by atoms with Crippen molar-refractivity contribution in [3.05, 3.63) is 18.1 Å². The number of aromatic nitrogens is 2. The quantitative estimate of drug-likeness (QED) is 0.685. The summed E-state index contributed by atoms with van der Waals surface area (Å²) in [6.07, 6.45) is 1.51. The van der Waals surface area contributed by atoms with Crippen molar-refractivity contribution in [3.63, 3.8) is 0 Å². The number of hydrogen-bond acceptors (Lipinski definition) is 5. The van der Waals surface area contributed by atoms with E-state index in [-0.39, 0.29) is 30.3 Å². The molecule has 2 rings (SSSR count). The molecule has 2 heterocycles. The molecular formula is C9H9N3O4. The van der Waals surface area contributed by atoms with Crippen molar-refractivity contribution < 1.29 is 19.8 Å². The van der Waals surface area contributed by atoms with Crippen molar-refractivity contribution in [2.24, 2.45) is 0 Å². The zero-order valence-corrected chi connectivity index (χ0v) is 8.20. The molecule has 7 heteroatoms. The third kappa shape index (κ3) is 1.72. The maximum Gasteiger partial charge on any atom is 0.341 e. The summed E-state index contributed by atoms with van der Waals surface area (Å²) in [4.78, 5) is 30.9. The summed E-state index contributed by atoms with van der Waals surface area (Å²) < 4.78 is 0. The lowest BCUT2D eigenvalue weighted by atomic mass is 10.3. The number of carbonyl (C=O) groups excluding carboxylic acids is 1. The number of aromatic carboxylic acids is 1. The molecule has 1 atom stereocenters. The number of carbonyl (C=O) groups is 2. The van der Waals surface area contributed by atoms with E-state index in [0.717, 1.165) is 11.1 Å². The number of aliphatic hydroxyl groups excluding tert-OH is 1. The van der Waals surface area contributed by atoms with Crippen LogP contribution in [0.25, 0.3) is 0 Å². The third-order valence-electron chi connectivity index (χ3n) is 2.28. The molecule has 1 aromatic rings. The first-order valence-electron chi connectivity index (χ1n) is 4.61. The van der Waals surface area contributed by atoms with Gasteiger partial charge in [-0.15, -0.1) is 0 Å². The van der Waals surface area contributed by atoms with Crippen LogP contribution in [-0.4, -0.2) is 44.7 Å². The fourth-order valence-electron chi connectivity index (χ4n) is 1.58. The molecule has 0 radical (unpaired) electrons. The van der Waals surface area contributed by atoms with Gasteiger partial charge < -0.3 is 10.2 Å². The number of aliphatic hydroxyl groups is 1. The SMILES string of the molecule is O=C(O)c1cncnc1N1CC(O)CC1=O. The molecule has 1 fully saturated rings. The zero-order chi connectivity index (χ0) is 11.7. The maximum absolute atomic E-state index is 11.5. The van der Waals surface area contributed by atoms with E-state index >= 15 is 0 Å². The van der Waals surface area contributed by atoms with Gasteiger partial charge in [0.15, 0.2) is 5.82 Å². The molecule has 1 aliphatic heterocycles. The maximum atomic E-state index is 11.5. The van der Waals surface area contributed by atoms with Crippen molar-refractivity contribution in [3.8, 4) is 0 Å². The van der Waals surface area contributed by atoms with Gasteiger partial charge in [0.05, 0.1) is 19.1 Å². The minimum Gasteiger partial charge on any atom is -0.477 e. The standard InChI is InChI=1S/C9H9N3O4/c13-5-1-7(14)12(3-5)8-6(9(15)16)2-10-4-11-8/h2,4-5,13H,1,3H2,(H,15,16). The van der Waals surface area contributed by atoms with E-state index in [1.54, 1.807) is 0 Å². The molecule has 1 amide bonds. The predicted molar refractivity (Wildman–Crippen MR) is 52.0 cm³/mol. The number of β-amino-alcohol motifs (C(OH)–C–C–N with tert-alkyl or cyclic N) is 1. The van der Waals surface area contributed by atoms with Crippen LogP contribution in [0.5, 0.6) is 0 Å². The van der Waals surface area contributed by atoms with Gasteiger partial charge in [0, 0.05) is 6.20 Å². The molecule has 1 unspecified atom stereocenters. The van der Waals surface area contributed by atoms with Gasteiger partial charge in [0.25, 0.3) is 0 Å². The molecule has 0 spiro atoms. The number of anilines is 1. The Morgan fingerprint density at radius 2 is 2.31 bits per heavy atom. The second-order valence-electron chi connectivity index (χ2n) is 3.43. The molecule has 7 nitrogen and oxygen atoms in total. The molecule has 1 saturated heterocycles. The van der Waals surface area contributed by atoms with Crippen LogP contribution in [0.2, 0.25) is 0 Å². The van der Waals surface area contributed by atoms with Crippen LogP contribution in [0.4, 0.5) is 5.82 Å². The summed E-state index contributed by atoms with van der Waals surface area (Å²) >= 11 is 0. The van der Waals surface area contributed by atoms with Crippen LogP contribution in [-0.2, 0) is 4.79 Å². The first kappa shape index (κ1) is 10.5. The Hall–Kier alpha value is -2.02. The lowest BCUT2D eigenvalue weighted by Gasteiger charge is -2.15. The number of amides is 1. The summed E-state index contributed by atoms with van der Waals surface area (Å²) in [6, 6.07) is 0. The summed E-state index contributed by atoms with van der Waals surface area (Å²) in [5.74, 6) is -1.51. The van der Waals surface area contributed by atoms with Crippen LogP contribution in [0.3, 0.4) is 0 Å². The van der Waals surface area contributed by atoms with Crippen LogP contribution in [0.1, 0.15) is 16.8 Å². The smallest absolute Gasteiger partial charge is 0.341 e. The van der Waals surface area contributed by atoms with E-state index in [2.05, 4.69) is 9.97 Å². The lowest BCUT2D eigenvalue weighted by molar-refractivity contribution is -0.117. The van der Waals surface area contributed by atoms with E-state index < -0.39 is 12.1 Å². The van der Waals surface area contributed by atoms with Gasteiger partial charge >= 0.3 is 5.97 Å². The summed E-state index contributed by atoms with van der Waals surface area (Å²) in [7, 11) is 0. The van der Waals surface area contributed by atoms with Crippen LogP contribution in [0, 0.1) is 0 Å². The number of nitrogens with zero attached hydrogens (tertiary/aromatic N) is 3. The molecular weight excluding hydrogens is 214 g/mol. The van der Waals surface area contributed by atoms with Gasteiger partial charge in [0.2, 0.25) is 5.91 Å². The highest BCUT2D eigenvalue weighted by Gasteiger charge is 2.32. The molecule has 1 aromatic heterocycles. The number of rotatable bonds is 2. The van der Waals surface area contributed by atoms with Crippen molar-refractivity contribution in [1.82, 2.24) is 9.97 Å². The number of hydrogen-bond donors (Lipinski definition) is 2. The van der Waals surface area contributed by atoms with Crippen molar-refractivity contribution >= 4 is 17.7 Å². The molecule has 0 saturated carbocycles. The molecule has 16 heavy (non-hydrogen) atoms. The van der Waals surface area contributed by atoms with Crippen LogP contribution < -0.4 is 4.90 Å². The Kier molecular flexibility index (Phi) is 2.53. The van der Waals surface area contributed by atoms with E-state index in [4.69, 9.17) is 5.11 Å². The Bertz CT molecular complexity index is 448. The Morgan fingerprint density at radius 1 is 1.56 bits per heavy atom. The summed E-state index contributed by atoms with van der Waals surface area (Å²) in [5, 5.41) is 18.2. The van der Waals surface area contributed by atoms with Gasteiger partial charge in [-0.2, -0.15) is 0 Å². The Balaban J connectivity index is 2.40. The topological polar surface area (TPSA) is 104 Å². The Morgan fingerprint density at radius 3 is 2.88 bits per heavy atom. The fraction of sp³-hybridized carbons (Fsp3) is 0.333. The third-order valence-corrected chi connectivity index (χ3v) is 2.28. The van der Waals surface area contributed by atoms with Gasteiger partial charge in [-0.3, -0.25) is 9.69 Å². The van der Waals surface area contributed by atoms with Crippen LogP contribution >= 0.6 is 0 Å².